The van der Waals surface area contributed by atoms with E-state index in [4.69, 9.17) is 4.74 Å². The predicted molar refractivity (Wildman–Crippen MR) is 117 cm³/mol. The maximum atomic E-state index is 12.3. The molecule has 0 atom stereocenters. The highest BCUT2D eigenvalue weighted by molar-refractivity contribution is 5.97. The molecule has 0 bridgehead atoms. The van der Waals surface area contributed by atoms with E-state index in [-0.39, 0.29) is 18.4 Å². The lowest BCUT2D eigenvalue weighted by atomic mass is 9.99. The van der Waals surface area contributed by atoms with Gasteiger partial charge in [-0.15, -0.1) is 0 Å². The van der Waals surface area contributed by atoms with E-state index in [1.54, 1.807) is 0 Å². The first-order chi connectivity index (χ1) is 13.8. The smallest absolute Gasteiger partial charge is 0.262 e. The summed E-state index contributed by atoms with van der Waals surface area (Å²) in [7, 11) is 0. The summed E-state index contributed by atoms with van der Waals surface area (Å²) in [5, 5.41) is 2.90. The number of benzene rings is 2. The average Bonchev–Trinajstić information content (AvgIpc) is 2.68. The van der Waals surface area contributed by atoms with E-state index in [1.165, 1.54) is 5.56 Å². The molecular weight excluding hydrogens is 364 g/mol. The molecule has 5 heteroatoms. The number of anilines is 2. The number of hydrogen-bond acceptors (Lipinski definition) is 3. The molecule has 2 aromatic carbocycles. The number of amides is 2. The minimum absolute atomic E-state index is 0.0431. The molecule has 5 nitrogen and oxygen atoms in total. The van der Waals surface area contributed by atoms with Crippen molar-refractivity contribution in [3.05, 3.63) is 53.1 Å². The van der Waals surface area contributed by atoms with Crippen LogP contribution < -0.4 is 15.0 Å². The molecule has 0 fully saturated rings. The minimum Gasteiger partial charge on any atom is -0.484 e. The lowest BCUT2D eigenvalue weighted by Gasteiger charge is -2.30. The zero-order valence-corrected chi connectivity index (χ0v) is 17.7. The Balaban J connectivity index is 1.62. The van der Waals surface area contributed by atoms with Gasteiger partial charge in [0.1, 0.15) is 5.75 Å². The monoisotopic (exact) mass is 394 g/mol. The third-order valence-corrected chi connectivity index (χ3v) is 5.34. The Hall–Kier alpha value is -2.82. The number of nitrogens with zero attached hydrogens (tertiary/aromatic N) is 1. The second-order valence-electron chi connectivity index (χ2n) is 8.15. The molecule has 29 heavy (non-hydrogen) atoms. The highest BCUT2D eigenvalue weighted by Gasteiger charge is 2.24. The molecule has 1 aliphatic heterocycles. The number of rotatable bonds is 7. The summed E-state index contributed by atoms with van der Waals surface area (Å²) in [6, 6.07) is 11.6. The van der Waals surface area contributed by atoms with Gasteiger partial charge in [0.05, 0.1) is 0 Å². The predicted octanol–water partition coefficient (Wildman–Crippen LogP) is 4.65. The van der Waals surface area contributed by atoms with E-state index in [2.05, 4.69) is 19.2 Å². The van der Waals surface area contributed by atoms with Gasteiger partial charge in [-0.2, -0.15) is 0 Å². The SMILES string of the molecule is Cc1ccc(OCC(=O)Nc2ccc3c(c2)CCC(=O)N3CCC(C)C)cc1C. The van der Waals surface area contributed by atoms with Crippen molar-refractivity contribution in [2.24, 2.45) is 5.92 Å². The molecule has 0 aromatic heterocycles. The summed E-state index contributed by atoms with van der Waals surface area (Å²) >= 11 is 0. The van der Waals surface area contributed by atoms with Gasteiger partial charge in [0.25, 0.3) is 5.91 Å². The number of hydrogen-bond donors (Lipinski definition) is 1. The van der Waals surface area contributed by atoms with E-state index in [0.29, 0.717) is 24.5 Å². The molecule has 0 saturated carbocycles. The van der Waals surface area contributed by atoms with E-state index in [9.17, 15) is 9.59 Å². The topological polar surface area (TPSA) is 58.6 Å². The van der Waals surface area contributed by atoms with Crippen LogP contribution in [0.3, 0.4) is 0 Å². The normalized spacial score (nSPS) is 13.4. The van der Waals surface area contributed by atoms with Gasteiger partial charge in [-0.05, 0) is 79.6 Å². The van der Waals surface area contributed by atoms with Crippen LogP contribution in [0.25, 0.3) is 0 Å². The Kier molecular flexibility index (Phi) is 6.57. The molecule has 1 aliphatic rings. The quantitative estimate of drug-likeness (QED) is 0.744. The van der Waals surface area contributed by atoms with Crippen molar-refractivity contribution in [2.75, 3.05) is 23.4 Å². The standard InChI is InChI=1S/C24H30N2O3/c1-16(2)11-12-26-22-9-7-20(14-19(22)6-10-24(26)28)25-23(27)15-29-21-8-5-17(3)18(4)13-21/h5,7-9,13-14,16H,6,10-12,15H2,1-4H3,(H,25,27). The lowest BCUT2D eigenvalue weighted by molar-refractivity contribution is -0.119. The van der Waals surface area contributed by atoms with Gasteiger partial charge >= 0.3 is 0 Å². The molecule has 0 radical (unpaired) electrons. The van der Waals surface area contributed by atoms with Crippen LogP contribution in [0, 0.1) is 19.8 Å². The number of fused-ring (bicyclic) bond motifs is 1. The zero-order valence-electron chi connectivity index (χ0n) is 17.7. The fourth-order valence-electron chi connectivity index (χ4n) is 3.42. The Labute approximate surface area is 173 Å². The molecule has 0 aliphatic carbocycles. The van der Waals surface area contributed by atoms with Crippen LogP contribution in [-0.4, -0.2) is 25.0 Å². The molecule has 0 saturated heterocycles. The number of aryl methyl sites for hydroxylation is 3. The summed E-state index contributed by atoms with van der Waals surface area (Å²) in [5.41, 5.74) is 5.12. The van der Waals surface area contributed by atoms with Gasteiger partial charge in [-0.3, -0.25) is 9.59 Å². The van der Waals surface area contributed by atoms with E-state index >= 15 is 0 Å². The van der Waals surface area contributed by atoms with Crippen molar-refractivity contribution in [3.63, 3.8) is 0 Å². The maximum absolute atomic E-state index is 12.3. The van der Waals surface area contributed by atoms with Crippen molar-refractivity contribution >= 4 is 23.2 Å². The average molecular weight is 395 g/mol. The van der Waals surface area contributed by atoms with Crippen molar-refractivity contribution in [3.8, 4) is 5.75 Å². The molecule has 2 aromatic rings. The van der Waals surface area contributed by atoms with Crippen LogP contribution in [0.4, 0.5) is 11.4 Å². The van der Waals surface area contributed by atoms with Crippen molar-refractivity contribution in [2.45, 2.75) is 47.0 Å². The van der Waals surface area contributed by atoms with Crippen LogP contribution >= 0.6 is 0 Å². The minimum atomic E-state index is -0.202. The highest BCUT2D eigenvalue weighted by atomic mass is 16.5. The lowest BCUT2D eigenvalue weighted by Crippen LogP contribution is -2.36. The van der Waals surface area contributed by atoms with Crippen molar-refractivity contribution in [1.82, 2.24) is 0 Å². The van der Waals surface area contributed by atoms with E-state index in [1.807, 2.05) is 55.1 Å². The summed E-state index contributed by atoms with van der Waals surface area (Å²) in [6.07, 6.45) is 2.19. The fourth-order valence-corrected chi connectivity index (χ4v) is 3.42. The van der Waals surface area contributed by atoms with Crippen LogP contribution in [-0.2, 0) is 16.0 Å². The molecule has 1 heterocycles. The van der Waals surface area contributed by atoms with Gasteiger partial charge in [0.2, 0.25) is 5.91 Å². The second kappa shape index (κ2) is 9.12. The maximum Gasteiger partial charge on any atom is 0.262 e. The van der Waals surface area contributed by atoms with E-state index < -0.39 is 0 Å². The van der Waals surface area contributed by atoms with Crippen LogP contribution in [0.15, 0.2) is 36.4 Å². The Morgan fingerprint density at radius 1 is 1.10 bits per heavy atom. The van der Waals surface area contributed by atoms with Crippen LogP contribution in [0.1, 0.15) is 43.4 Å². The molecule has 0 unspecified atom stereocenters. The molecule has 1 N–H and O–H groups in total. The summed E-state index contributed by atoms with van der Waals surface area (Å²) in [6.45, 7) is 9.07. The summed E-state index contributed by atoms with van der Waals surface area (Å²) in [5.74, 6) is 1.21. The van der Waals surface area contributed by atoms with Crippen molar-refractivity contribution < 1.29 is 14.3 Å². The summed E-state index contributed by atoms with van der Waals surface area (Å²) in [4.78, 5) is 26.5. The first-order valence-corrected chi connectivity index (χ1v) is 10.3. The third-order valence-electron chi connectivity index (χ3n) is 5.34. The van der Waals surface area contributed by atoms with Crippen LogP contribution in [0.5, 0.6) is 5.75 Å². The highest BCUT2D eigenvalue weighted by Crippen LogP contribution is 2.31. The number of ether oxygens (including phenoxy) is 1. The number of carbonyl (C=O) groups is 2. The van der Waals surface area contributed by atoms with Crippen molar-refractivity contribution in [1.29, 1.82) is 0 Å². The largest absolute Gasteiger partial charge is 0.484 e. The Bertz CT molecular complexity index is 905. The Morgan fingerprint density at radius 3 is 2.62 bits per heavy atom. The van der Waals surface area contributed by atoms with Gasteiger partial charge in [0, 0.05) is 24.3 Å². The molecule has 0 spiro atoms. The first kappa shape index (κ1) is 20.9. The van der Waals surface area contributed by atoms with Gasteiger partial charge in [0.15, 0.2) is 6.61 Å². The zero-order chi connectivity index (χ0) is 21.0. The molecule has 154 valence electrons. The molecular formula is C24H30N2O3. The van der Waals surface area contributed by atoms with Gasteiger partial charge < -0.3 is 15.0 Å². The van der Waals surface area contributed by atoms with Crippen LogP contribution in [0.2, 0.25) is 0 Å². The molecule has 3 rings (SSSR count). The number of nitrogens with one attached hydrogen (secondary N) is 1. The molecule has 2 amide bonds. The second-order valence-corrected chi connectivity index (χ2v) is 8.15. The number of carbonyl (C=O) groups excluding carboxylic acids is 2. The third kappa shape index (κ3) is 5.37. The summed E-state index contributed by atoms with van der Waals surface area (Å²) < 4.78 is 5.61. The Morgan fingerprint density at radius 2 is 1.90 bits per heavy atom. The van der Waals surface area contributed by atoms with E-state index in [0.717, 1.165) is 35.5 Å². The fraction of sp³-hybridized carbons (Fsp3) is 0.417. The van der Waals surface area contributed by atoms with Gasteiger partial charge in [-0.25, -0.2) is 0 Å². The first-order valence-electron chi connectivity index (χ1n) is 10.3. The van der Waals surface area contributed by atoms with Gasteiger partial charge in [-0.1, -0.05) is 19.9 Å².